The Morgan fingerprint density at radius 2 is 1.93 bits per heavy atom. The summed E-state index contributed by atoms with van der Waals surface area (Å²) in [6.45, 7) is 2.19. The minimum absolute atomic E-state index is 0.0843. The van der Waals surface area contributed by atoms with Crippen molar-refractivity contribution < 1.29 is 5.11 Å². The summed E-state index contributed by atoms with van der Waals surface area (Å²) in [6.07, 6.45) is 0.803. The Labute approximate surface area is 90.3 Å². The standard InChI is InChI=1S/C11H19N3O/c12-5-6-14-8-10(13)7-9-1-3-11(15)4-2-9/h1-4,10,14-15H,5-8,12-13H2. The third kappa shape index (κ3) is 4.78. The maximum atomic E-state index is 9.11. The van der Waals surface area contributed by atoms with E-state index in [0.717, 1.165) is 25.1 Å². The molecule has 84 valence electrons. The molecule has 1 aromatic carbocycles. The minimum Gasteiger partial charge on any atom is -0.508 e. The van der Waals surface area contributed by atoms with Crippen LogP contribution in [-0.2, 0) is 6.42 Å². The first-order chi connectivity index (χ1) is 7.22. The van der Waals surface area contributed by atoms with Gasteiger partial charge in [0.05, 0.1) is 0 Å². The number of hydrogen-bond acceptors (Lipinski definition) is 4. The zero-order valence-corrected chi connectivity index (χ0v) is 8.82. The maximum absolute atomic E-state index is 9.11. The van der Waals surface area contributed by atoms with Crippen LogP contribution in [0.2, 0.25) is 0 Å². The molecule has 0 aromatic heterocycles. The van der Waals surface area contributed by atoms with Crippen LogP contribution in [0.4, 0.5) is 0 Å². The Morgan fingerprint density at radius 1 is 1.27 bits per heavy atom. The topological polar surface area (TPSA) is 84.3 Å². The summed E-state index contributed by atoms with van der Waals surface area (Å²) < 4.78 is 0. The average Bonchev–Trinajstić information content (AvgIpc) is 2.22. The Hall–Kier alpha value is -1.10. The monoisotopic (exact) mass is 209 g/mol. The van der Waals surface area contributed by atoms with Crippen LogP contribution in [-0.4, -0.2) is 30.8 Å². The summed E-state index contributed by atoms with van der Waals surface area (Å²) in [5.74, 6) is 0.286. The second-order valence-corrected chi connectivity index (χ2v) is 3.62. The van der Waals surface area contributed by atoms with Gasteiger partial charge in [-0.25, -0.2) is 0 Å². The van der Waals surface area contributed by atoms with Crippen molar-refractivity contribution in [3.63, 3.8) is 0 Å². The van der Waals surface area contributed by atoms with Crippen molar-refractivity contribution in [2.45, 2.75) is 12.5 Å². The van der Waals surface area contributed by atoms with Crippen LogP contribution < -0.4 is 16.8 Å². The zero-order chi connectivity index (χ0) is 11.1. The first kappa shape index (κ1) is 12.0. The van der Waals surface area contributed by atoms with Crippen molar-refractivity contribution in [1.29, 1.82) is 0 Å². The normalized spacial score (nSPS) is 12.7. The van der Waals surface area contributed by atoms with Gasteiger partial charge in [0.25, 0.3) is 0 Å². The van der Waals surface area contributed by atoms with E-state index >= 15 is 0 Å². The molecular weight excluding hydrogens is 190 g/mol. The molecule has 1 atom stereocenters. The fraction of sp³-hybridized carbons (Fsp3) is 0.455. The van der Waals surface area contributed by atoms with Gasteiger partial charge in [0.1, 0.15) is 5.75 Å². The van der Waals surface area contributed by atoms with Gasteiger partial charge in [0.2, 0.25) is 0 Å². The molecule has 0 amide bonds. The van der Waals surface area contributed by atoms with Gasteiger partial charge in [0, 0.05) is 25.7 Å². The molecule has 0 saturated carbocycles. The highest BCUT2D eigenvalue weighted by atomic mass is 16.3. The fourth-order valence-corrected chi connectivity index (χ4v) is 1.40. The lowest BCUT2D eigenvalue weighted by molar-refractivity contribution is 0.475. The van der Waals surface area contributed by atoms with E-state index in [-0.39, 0.29) is 11.8 Å². The van der Waals surface area contributed by atoms with Crippen LogP contribution in [0.15, 0.2) is 24.3 Å². The molecule has 0 aliphatic heterocycles. The first-order valence-corrected chi connectivity index (χ1v) is 5.16. The second kappa shape index (κ2) is 6.40. The van der Waals surface area contributed by atoms with Gasteiger partial charge in [-0.1, -0.05) is 12.1 Å². The van der Waals surface area contributed by atoms with E-state index in [1.807, 2.05) is 12.1 Å². The molecule has 1 unspecified atom stereocenters. The SMILES string of the molecule is NCCNCC(N)Cc1ccc(O)cc1. The van der Waals surface area contributed by atoms with Gasteiger partial charge in [-0.15, -0.1) is 0 Å². The number of nitrogens with two attached hydrogens (primary N) is 2. The predicted octanol–water partition coefficient (Wildman–Crippen LogP) is -0.190. The lowest BCUT2D eigenvalue weighted by Crippen LogP contribution is -2.37. The zero-order valence-electron chi connectivity index (χ0n) is 8.82. The van der Waals surface area contributed by atoms with Crippen LogP contribution in [0.25, 0.3) is 0 Å². The third-order valence-electron chi connectivity index (χ3n) is 2.16. The molecule has 4 heteroatoms. The number of benzene rings is 1. The summed E-state index contributed by atoms with van der Waals surface area (Å²) in [6, 6.07) is 7.21. The first-order valence-electron chi connectivity index (χ1n) is 5.16. The minimum atomic E-state index is 0.0843. The smallest absolute Gasteiger partial charge is 0.115 e. The molecular formula is C11H19N3O. The van der Waals surface area contributed by atoms with Crippen LogP contribution in [0.3, 0.4) is 0 Å². The number of phenolic OH excluding ortho intramolecular Hbond substituents is 1. The highest BCUT2D eigenvalue weighted by Crippen LogP contribution is 2.10. The van der Waals surface area contributed by atoms with Crippen LogP contribution in [0.1, 0.15) is 5.56 Å². The molecule has 0 aliphatic carbocycles. The third-order valence-corrected chi connectivity index (χ3v) is 2.16. The highest BCUT2D eigenvalue weighted by molar-refractivity contribution is 5.26. The van der Waals surface area contributed by atoms with E-state index in [9.17, 15) is 0 Å². The molecule has 0 radical (unpaired) electrons. The quantitative estimate of drug-likeness (QED) is 0.489. The average molecular weight is 209 g/mol. The summed E-state index contributed by atoms with van der Waals surface area (Å²) in [5.41, 5.74) is 12.4. The van der Waals surface area contributed by atoms with E-state index < -0.39 is 0 Å². The van der Waals surface area contributed by atoms with Crippen molar-refractivity contribution in [3.05, 3.63) is 29.8 Å². The fourth-order valence-electron chi connectivity index (χ4n) is 1.40. The molecule has 6 N–H and O–H groups in total. The van der Waals surface area contributed by atoms with E-state index in [0.29, 0.717) is 6.54 Å². The number of rotatable bonds is 6. The van der Waals surface area contributed by atoms with Crippen molar-refractivity contribution in [1.82, 2.24) is 5.32 Å². The van der Waals surface area contributed by atoms with Crippen molar-refractivity contribution in [2.75, 3.05) is 19.6 Å². The van der Waals surface area contributed by atoms with Crippen molar-refractivity contribution in [2.24, 2.45) is 11.5 Å². The van der Waals surface area contributed by atoms with Gasteiger partial charge in [0.15, 0.2) is 0 Å². The molecule has 1 aromatic rings. The summed E-state index contributed by atoms with van der Waals surface area (Å²) in [7, 11) is 0. The van der Waals surface area contributed by atoms with Gasteiger partial charge >= 0.3 is 0 Å². The highest BCUT2D eigenvalue weighted by Gasteiger charge is 2.03. The predicted molar refractivity (Wildman–Crippen MR) is 61.7 cm³/mol. The van der Waals surface area contributed by atoms with Gasteiger partial charge in [-0.05, 0) is 24.1 Å². The van der Waals surface area contributed by atoms with E-state index in [1.54, 1.807) is 12.1 Å². The lowest BCUT2D eigenvalue weighted by Gasteiger charge is -2.12. The molecule has 0 fully saturated rings. The lowest BCUT2D eigenvalue weighted by atomic mass is 10.1. The molecule has 0 saturated heterocycles. The van der Waals surface area contributed by atoms with E-state index in [4.69, 9.17) is 16.6 Å². The largest absolute Gasteiger partial charge is 0.508 e. The van der Waals surface area contributed by atoms with Crippen LogP contribution in [0, 0.1) is 0 Å². The van der Waals surface area contributed by atoms with E-state index in [1.165, 1.54) is 0 Å². The molecule has 0 bridgehead atoms. The molecule has 0 heterocycles. The number of aromatic hydroxyl groups is 1. The molecule has 15 heavy (non-hydrogen) atoms. The molecule has 0 spiro atoms. The van der Waals surface area contributed by atoms with Crippen molar-refractivity contribution in [3.8, 4) is 5.75 Å². The summed E-state index contributed by atoms with van der Waals surface area (Å²) in [5, 5.41) is 12.3. The van der Waals surface area contributed by atoms with Crippen LogP contribution in [0.5, 0.6) is 5.75 Å². The summed E-state index contributed by atoms with van der Waals surface area (Å²) in [4.78, 5) is 0. The van der Waals surface area contributed by atoms with Gasteiger partial charge in [-0.2, -0.15) is 0 Å². The van der Waals surface area contributed by atoms with Crippen LogP contribution >= 0.6 is 0 Å². The number of phenols is 1. The van der Waals surface area contributed by atoms with Gasteiger partial charge < -0.3 is 21.9 Å². The maximum Gasteiger partial charge on any atom is 0.115 e. The second-order valence-electron chi connectivity index (χ2n) is 3.62. The van der Waals surface area contributed by atoms with Crippen molar-refractivity contribution >= 4 is 0 Å². The molecule has 4 nitrogen and oxygen atoms in total. The summed E-state index contributed by atoms with van der Waals surface area (Å²) >= 11 is 0. The van der Waals surface area contributed by atoms with Gasteiger partial charge in [-0.3, -0.25) is 0 Å². The van der Waals surface area contributed by atoms with E-state index in [2.05, 4.69) is 5.32 Å². The molecule has 1 rings (SSSR count). The number of nitrogens with one attached hydrogen (secondary N) is 1. The Bertz CT molecular complexity index is 274. The Morgan fingerprint density at radius 3 is 2.53 bits per heavy atom. The molecule has 0 aliphatic rings. The number of hydrogen-bond donors (Lipinski definition) is 4. The Balaban J connectivity index is 2.31. The Kier molecular flexibility index (Phi) is 5.10.